The first-order chi connectivity index (χ1) is 10.2. The van der Waals surface area contributed by atoms with Crippen LogP contribution in [-0.4, -0.2) is 37.7 Å². The van der Waals surface area contributed by atoms with Crippen molar-refractivity contribution in [2.24, 2.45) is 0 Å². The Morgan fingerprint density at radius 2 is 2.10 bits per heavy atom. The highest BCUT2D eigenvalue weighted by Gasteiger charge is 2.25. The molecular weight excluding hydrogens is 260 g/mol. The van der Waals surface area contributed by atoms with Crippen LogP contribution in [0.2, 0.25) is 0 Å². The van der Waals surface area contributed by atoms with Crippen LogP contribution in [0.25, 0.3) is 0 Å². The van der Waals surface area contributed by atoms with E-state index >= 15 is 0 Å². The van der Waals surface area contributed by atoms with Gasteiger partial charge in [0.05, 0.1) is 6.61 Å². The maximum atomic E-state index is 6.14. The van der Waals surface area contributed by atoms with E-state index in [1.807, 2.05) is 0 Å². The SMILES string of the molecule is CCCCC1Cc2ccccc2C(OCCN(C)CC)N1. The summed E-state index contributed by atoms with van der Waals surface area (Å²) in [6, 6.07) is 9.26. The number of nitrogens with zero attached hydrogens (tertiary/aromatic N) is 1. The number of rotatable bonds is 8. The Hall–Kier alpha value is -0.900. The van der Waals surface area contributed by atoms with Gasteiger partial charge in [-0.25, -0.2) is 0 Å². The Bertz CT molecular complexity index is 421. The zero-order chi connectivity index (χ0) is 15.1. The summed E-state index contributed by atoms with van der Waals surface area (Å²) in [6.45, 7) is 7.25. The molecule has 0 aliphatic carbocycles. The van der Waals surface area contributed by atoms with Crippen molar-refractivity contribution in [3.8, 4) is 0 Å². The second-order valence-electron chi connectivity index (χ2n) is 6.06. The smallest absolute Gasteiger partial charge is 0.134 e. The lowest BCUT2D eigenvalue weighted by molar-refractivity contribution is 0.00475. The molecule has 1 aromatic rings. The first-order valence-corrected chi connectivity index (χ1v) is 8.38. The molecule has 1 aliphatic heterocycles. The largest absolute Gasteiger partial charge is 0.358 e. The molecule has 2 unspecified atom stereocenters. The average molecular weight is 290 g/mol. The third kappa shape index (κ3) is 4.80. The summed E-state index contributed by atoms with van der Waals surface area (Å²) in [5.41, 5.74) is 2.77. The Kier molecular flexibility index (Phi) is 6.68. The van der Waals surface area contributed by atoms with Gasteiger partial charge in [0, 0.05) is 12.6 Å². The van der Waals surface area contributed by atoms with Gasteiger partial charge in [-0.2, -0.15) is 0 Å². The molecule has 1 aromatic carbocycles. The van der Waals surface area contributed by atoms with Crippen LogP contribution < -0.4 is 5.32 Å². The van der Waals surface area contributed by atoms with Crippen molar-refractivity contribution in [3.63, 3.8) is 0 Å². The number of ether oxygens (including phenoxy) is 1. The van der Waals surface area contributed by atoms with Crippen LogP contribution >= 0.6 is 0 Å². The molecule has 0 fully saturated rings. The highest BCUT2D eigenvalue weighted by molar-refractivity contribution is 5.32. The summed E-state index contributed by atoms with van der Waals surface area (Å²) in [6.07, 6.45) is 4.96. The van der Waals surface area contributed by atoms with E-state index in [9.17, 15) is 0 Å². The Morgan fingerprint density at radius 3 is 2.86 bits per heavy atom. The second-order valence-corrected chi connectivity index (χ2v) is 6.06. The number of hydrogen-bond donors (Lipinski definition) is 1. The molecule has 3 heteroatoms. The van der Waals surface area contributed by atoms with Gasteiger partial charge < -0.3 is 9.64 Å². The van der Waals surface area contributed by atoms with E-state index in [0.717, 1.165) is 26.1 Å². The van der Waals surface area contributed by atoms with Crippen molar-refractivity contribution >= 4 is 0 Å². The number of nitrogens with one attached hydrogen (secondary N) is 1. The van der Waals surface area contributed by atoms with Gasteiger partial charge in [0.15, 0.2) is 0 Å². The number of hydrogen-bond acceptors (Lipinski definition) is 3. The van der Waals surface area contributed by atoms with E-state index in [0.29, 0.717) is 6.04 Å². The lowest BCUT2D eigenvalue weighted by Gasteiger charge is -2.33. The third-order valence-corrected chi connectivity index (χ3v) is 4.39. The van der Waals surface area contributed by atoms with E-state index in [1.54, 1.807) is 0 Å². The van der Waals surface area contributed by atoms with Gasteiger partial charge in [0.1, 0.15) is 6.23 Å². The van der Waals surface area contributed by atoms with Gasteiger partial charge in [-0.3, -0.25) is 5.32 Å². The van der Waals surface area contributed by atoms with E-state index in [2.05, 4.69) is 55.4 Å². The highest BCUT2D eigenvalue weighted by Crippen LogP contribution is 2.27. The molecule has 2 rings (SSSR count). The Morgan fingerprint density at radius 1 is 1.29 bits per heavy atom. The summed E-state index contributed by atoms with van der Waals surface area (Å²) in [5.74, 6) is 0. The van der Waals surface area contributed by atoms with Crippen molar-refractivity contribution in [2.45, 2.75) is 51.8 Å². The van der Waals surface area contributed by atoms with Crippen LogP contribution in [0.3, 0.4) is 0 Å². The average Bonchev–Trinajstić information content (AvgIpc) is 2.52. The Balaban J connectivity index is 1.97. The minimum atomic E-state index is 0.0575. The molecule has 0 amide bonds. The van der Waals surface area contributed by atoms with Gasteiger partial charge in [-0.05, 0) is 37.6 Å². The molecular formula is C18H30N2O. The molecule has 0 aromatic heterocycles. The number of likely N-dealkylation sites (N-methyl/N-ethyl adjacent to an activating group) is 1. The summed E-state index contributed by atoms with van der Waals surface area (Å²) in [5, 5.41) is 3.70. The van der Waals surface area contributed by atoms with Gasteiger partial charge in [-0.1, -0.05) is 51.0 Å². The van der Waals surface area contributed by atoms with E-state index in [1.165, 1.54) is 30.4 Å². The van der Waals surface area contributed by atoms with Crippen LogP contribution in [0.15, 0.2) is 24.3 Å². The number of unbranched alkanes of at least 4 members (excludes halogenated alkanes) is 1. The predicted octanol–water partition coefficient (Wildman–Crippen LogP) is 3.36. The molecule has 1 aliphatic rings. The lowest BCUT2D eigenvalue weighted by Crippen LogP contribution is -2.41. The molecule has 118 valence electrons. The summed E-state index contributed by atoms with van der Waals surface area (Å²) in [4.78, 5) is 2.28. The molecule has 0 radical (unpaired) electrons. The van der Waals surface area contributed by atoms with Gasteiger partial charge in [0.2, 0.25) is 0 Å². The van der Waals surface area contributed by atoms with Crippen molar-refractivity contribution in [1.29, 1.82) is 0 Å². The minimum Gasteiger partial charge on any atom is -0.358 e. The van der Waals surface area contributed by atoms with E-state index in [4.69, 9.17) is 4.74 Å². The molecule has 1 N–H and O–H groups in total. The summed E-state index contributed by atoms with van der Waals surface area (Å²) >= 11 is 0. The molecule has 1 heterocycles. The van der Waals surface area contributed by atoms with E-state index in [-0.39, 0.29) is 6.23 Å². The van der Waals surface area contributed by atoms with Crippen molar-refractivity contribution in [1.82, 2.24) is 10.2 Å². The quantitative estimate of drug-likeness (QED) is 0.794. The van der Waals surface area contributed by atoms with Gasteiger partial charge >= 0.3 is 0 Å². The monoisotopic (exact) mass is 290 g/mol. The fourth-order valence-electron chi connectivity index (χ4n) is 2.86. The fourth-order valence-corrected chi connectivity index (χ4v) is 2.86. The van der Waals surface area contributed by atoms with Gasteiger partial charge in [0.25, 0.3) is 0 Å². The maximum Gasteiger partial charge on any atom is 0.134 e. The maximum absolute atomic E-state index is 6.14. The number of fused-ring (bicyclic) bond motifs is 1. The topological polar surface area (TPSA) is 24.5 Å². The first kappa shape index (κ1) is 16.5. The molecule has 0 bridgehead atoms. The van der Waals surface area contributed by atoms with Crippen molar-refractivity contribution < 1.29 is 4.74 Å². The summed E-state index contributed by atoms with van der Waals surface area (Å²) in [7, 11) is 2.13. The zero-order valence-corrected chi connectivity index (χ0v) is 13.8. The molecule has 0 saturated heterocycles. The van der Waals surface area contributed by atoms with E-state index < -0.39 is 0 Å². The van der Waals surface area contributed by atoms with Crippen LogP contribution in [0.4, 0.5) is 0 Å². The number of benzene rings is 1. The molecule has 21 heavy (non-hydrogen) atoms. The summed E-state index contributed by atoms with van der Waals surface area (Å²) < 4.78 is 6.14. The Labute approximate surface area is 129 Å². The minimum absolute atomic E-state index is 0.0575. The standard InChI is InChI=1S/C18H30N2O/c1-4-6-10-16-14-15-9-7-8-11-17(15)18(19-16)21-13-12-20(3)5-2/h7-9,11,16,18-19H,4-6,10,12-14H2,1-3H3. The predicted molar refractivity (Wildman–Crippen MR) is 88.5 cm³/mol. The van der Waals surface area contributed by atoms with Crippen LogP contribution in [0, 0.1) is 0 Å². The van der Waals surface area contributed by atoms with Crippen LogP contribution in [0.5, 0.6) is 0 Å². The first-order valence-electron chi connectivity index (χ1n) is 8.38. The third-order valence-electron chi connectivity index (χ3n) is 4.39. The van der Waals surface area contributed by atoms with Crippen LogP contribution in [-0.2, 0) is 11.2 Å². The van der Waals surface area contributed by atoms with Crippen molar-refractivity contribution in [3.05, 3.63) is 35.4 Å². The molecule has 2 atom stereocenters. The van der Waals surface area contributed by atoms with Crippen molar-refractivity contribution in [2.75, 3.05) is 26.7 Å². The zero-order valence-electron chi connectivity index (χ0n) is 13.8. The molecule has 0 saturated carbocycles. The molecule has 3 nitrogen and oxygen atoms in total. The highest BCUT2D eigenvalue weighted by atomic mass is 16.5. The fraction of sp³-hybridized carbons (Fsp3) is 0.667. The lowest BCUT2D eigenvalue weighted by atomic mass is 9.92. The normalized spacial score (nSPS) is 21.5. The van der Waals surface area contributed by atoms with Gasteiger partial charge in [-0.15, -0.1) is 0 Å². The molecule has 0 spiro atoms. The van der Waals surface area contributed by atoms with Crippen LogP contribution in [0.1, 0.15) is 50.5 Å². The second kappa shape index (κ2) is 8.52.